The Morgan fingerprint density at radius 2 is 1.75 bits per heavy atom. The van der Waals surface area contributed by atoms with Crippen molar-refractivity contribution in [2.24, 2.45) is 0 Å². The molecule has 5 heteroatoms. The SMILES string of the molecule is CCCCCc1nc(C#N)c(C#N)nc1Cl. The summed E-state index contributed by atoms with van der Waals surface area (Å²) < 4.78 is 0. The molecule has 0 N–H and O–H groups in total. The van der Waals surface area contributed by atoms with E-state index in [1.807, 2.05) is 6.07 Å². The first-order chi connectivity index (χ1) is 7.72. The molecule has 0 unspecified atom stereocenters. The summed E-state index contributed by atoms with van der Waals surface area (Å²) in [5.41, 5.74) is 0.649. The van der Waals surface area contributed by atoms with E-state index in [-0.39, 0.29) is 16.5 Å². The van der Waals surface area contributed by atoms with Crippen molar-refractivity contribution >= 4 is 11.6 Å². The molecule has 0 aliphatic rings. The van der Waals surface area contributed by atoms with E-state index in [0.29, 0.717) is 12.1 Å². The molecule has 0 aromatic carbocycles. The van der Waals surface area contributed by atoms with E-state index >= 15 is 0 Å². The van der Waals surface area contributed by atoms with Crippen LogP contribution in [0.3, 0.4) is 0 Å². The van der Waals surface area contributed by atoms with Crippen molar-refractivity contribution < 1.29 is 0 Å². The van der Waals surface area contributed by atoms with Gasteiger partial charge in [0.05, 0.1) is 5.69 Å². The zero-order valence-corrected chi connectivity index (χ0v) is 9.75. The van der Waals surface area contributed by atoms with Gasteiger partial charge in [0.15, 0.2) is 16.5 Å². The maximum atomic E-state index is 8.79. The Morgan fingerprint density at radius 1 is 1.12 bits per heavy atom. The fraction of sp³-hybridized carbons (Fsp3) is 0.455. The predicted octanol–water partition coefficient (Wildman–Crippen LogP) is 2.61. The lowest BCUT2D eigenvalue weighted by atomic mass is 10.1. The third-order valence-electron chi connectivity index (χ3n) is 2.15. The summed E-state index contributed by atoms with van der Waals surface area (Å²) in [5, 5.41) is 17.7. The van der Waals surface area contributed by atoms with Crippen molar-refractivity contribution in [3.8, 4) is 12.1 Å². The average Bonchev–Trinajstić information content (AvgIpc) is 2.31. The smallest absolute Gasteiger partial charge is 0.178 e. The Kier molecular flexibility index (Phi) is 4.69. The van der Waals surface area contributed by atoms with Crippen LogP contribution in [-0.4, -0.2) is 9.97 Å². The zero-order valence-electron chi connectivity index (χ0n) is 9.00. The Morgan fingerprint density at radius 3 is 2.31 bits per heavy atom. The quantitative estimate of drug-likeness (QED) is 0.751. The van der Waals surface area contributed by atoms with Crippen LogP contribution in [0.4, 0.5) is 0 Å². The number of hydrogen-bond donors (Lipinski definition) is 0. The van der Waals surface area contributed by atoms with Crippen LogP contribution in [0.15, 0.2) is 0 Å². The molecule has 82 valence electrons. The largest absolute Gasteiger partial charge is 0.236 e. The van der Waals surface area contributed by atoms with Crippen molar-refractivity contribution in [2.75, 3.05) is 0 Å². The van der Waals surface area contributed by atoms with Crippen LogP contribution in [0.1, 0.15) is 43.3 Å². The van der Waals surface area contributed by atoms with E-state index in [1.54, 1.807) is 6.07 Å². The van der Waals surface area contributed by atoms with Gasteiger partial charge >= 0.3 is 0 Å². The van der Waals surface area contributed by atoms with Gasteiger partial charge < -0.3 is 0 Å². The van der Waals surface area contributed by atoms with E-state index in [2.05, 4.69) is 16.9 Å². The van der Waals surface area contributed by atoms with Gasteiger partial charge in [0.25, 0.3) is 0 Å². The van der Waals surface area contributed by atoms with Crippen molar-refractivity contribution in [3.05, 3.63) is 22.2 Å². The number of nitriles is 2. The number of rotatable bonds is 4. The number of aromatic nitrogens is 2. The predicted molar refractivity (Wildman–Crippen MR) is 59.7 cm³/mol. The van der Waals surface area contributed by atoms with Gasteiger partial charge in [0.2, 0.25) is 0 Å². The van der Waals surface area contributed by atoms with Crippen molar-refractivity contribution in [3.63, 3.8) is 0 Å². The number of aryl methyl sites for hydroxylation is 1. The summed E-state index contributed by atoms with van der Waals surface area (Å²) in [4.78, 5) is 7.92. The Bertz CT molecular complexity index is 456. The molecular formula is C11H11ClN4. The van der Waals surface area contributed by atoms with Crippen LogP contribution in [-0.2, 0) is 6.42 Å². The molecule has 1 aromatic heterocycles. The molecule has 1 rings (SSSR count). The third-order valence-corrected chi connectivity index (χ3v) is 2.45. The minimum atomic E-state index is -0.00765. The lowest BCUT2D eigenvalue weighted by molar-refractivity contribution is 0.704. The van der Waals surface area contributed by atoms with Crippen LogP contribution in [0.25, 0.3) is 0 Å². The van der Waals surface area contributed by atoms with Crippen LogP contribution in [0.5, 0.6) is 0 Å². The molecule has 0 bridgehead atoms. The summed E-state index contributed by atoms with van der Waals surface area (Å²) in [6.07, 6.45) is 3.84. The average molecular weight is 235 g/mol. The van der Waals surface area contributed by atoms with Gasteiger partial charge in [-0.15, -0.1) is 0 Å². The highest BCUT2D eigenvalue weighted by Gasteiger charge is 2.11. The number of halogens is 1. The van der Waals surface area contributed by atoms with Gasteiger partial charge in [-0.25, -0.2) is 9.97 Å². The second-order valence-electron chi connectivity index (χ2n) is 3.34. The van der Waals surface area contributed by atoms with Gasteiger partial charge in [-0.3, -0.25) is 0 Å². The van der Waals surface area contributed by atoms with Gasteiger partial charge in [-0.05, 0) is 12.8 Å². The van der Waals surface area contributed by atoms with Crippen LogP contribution in [0.2, 0.25) is 5.15 Å². The van der Waals surface area contributed by atoms with Gasteiger partial charge in [0, 0.05) is 0 Å². The topological polar surface area (TPSA) is 73.4 Å². The minimum absolute atomic E-state index is 0.00765. The van der Waals surface area contributed by atoms with E-state index in [4.69, 9.17) is 22.1 Å². The van der Waals surface area contributed by atoms with E-state index in [1.165, 1.54) is 0 Å². The fourth-order valence-electron chi connectivity index (χ4n) is 1.31. The number of hydrogen-bond acceptors (Lipinski definition) is 4. The Hall–Kier alpha value is -1.65. The van der Waals surface area contributed by atoms with Crippen LogP contribution in [0, 0.1) is 22.7 Å². The van der Waals surface area contributed by atoms with Gasteiger partial charge in [-0.2, -0.15) is 10.5 Å². The number of unbranched alkanes of at least 4 members (excludes halogenated alkanes) is 2. The molecule has 0 atom stereocenters. The molecule has 0 aliphatic carbocycles. The number of nitrogens with zero attached hydrogens (tertiary/aromatic N) is 4. The third kappa shape index (κ3) is 2.92. The molecule has 0 radical (unpaired) electrons. The second-order valence-corrected chi connectivity index (χ2v) is 3.70. The molecule has 1 aromatic rings. The molecular weight excluding hydrogens is 224 g/mol. The molecule has 0 saturated carbocycles. The summed E-state index contributed by atoms with van der Waals surface area (Å²) in [7, 11) is 0. The minimum Gasteiger partial charge on any atom is -0.236 e. The Labute approximate surface area is 99.5 Å². The maximum Gasteiger partial charge on any atom is 0.178 e. The molecule has 4 nitrogen and oxygen atoms in total. The monoisotopic (exact) mass is 234 g/mol. The molecule has 1 heterocycles. The van der Waals surface area contributed by atoms with E-state index < -0.39 is 0 Å². The van der Waals surface area contributed by atoms with Gasteiger partial charge in [0.1, 0.15) is 12.1 Å². The highest BCUT2D eigenvalue weighted by atomic mass is 35.5. The molecule has 0 saturated heterocycles. The second kappa shape index (κ2) is 6.05. The lowest BCUT2D eigenvalue weighted by Gasteiger charge is -2.03. The summed E-state index contributed by atoms with van der Waals surface area (Å²) in [6.45, 7) is 2.10. The molecule has 0 fully saturated rings. The molecule has 0 amide bonds. The maximum absolute atomic E-state index is 8.79. The van der Waals surface area contributed by atoms with Crippen LogP contribution < -0.4 is 0 Å². The first kappa shape index (κ1) is 12.4. The normalized spacial score (nSPS) is 9.50. The first-order valence-corrected chi connectivity index (χ1v) is 5.47. The highest BCUT2D eigenvalue weighted by Crippen LogP contribution is 2.16. The van der Waals surface area contributed by atoms with Crippen LogP contribution >= 0.6 is 11.6 Å². The van der Waals surface area contributed by atoms with Crippen molar-refractivity contribution in [1.29, 1.82) is 10.5 Å². The first-order valence-electron chi connectivity index (χ1n) is 5.09. The standard InChI is InChI=1S/C11H11ClN4/c1-2-3-4-5-8-11(12)16-10(7-14)9(6-13)15-8/h2-5H2,1H3. The summed E-state index contributed by atoms with van der Waals surface area (Å²) in [5.74, 6) is 0. The van der Waals surface area contributed by atoms with Crippen molar-refractivity contribution in [2.45, 2.75) is 32.6 Å². The summed E-state index contributed by atoms with van der Waals surface area (Å²) >= 11 is 5.88. The van der Waals surface area contributed by atoms with E-state index in [9.17, 15) is 0 Å². The van der Waals surface area contributed by atoms with Gasteiger partial charge in [-0.1, -0.05) is 31.4 Å². The zero-order chi connectivity index (χ0) is 12.0. The van der Waals surface area contributed by atoms with E-state index in [0.717, 1.165) is 19.3 Å². The fourth-order valence-corrected chi connectivity index (χ4v) is 1.53. The lowest BCUT2D eigenvalue weighted by Crippen LogP contribution is -2.01. The summed E-state index contributed by atoms with van der Waals surface area (Å²) in [6, 6.07) is 3.65. The Balaban J connectivity index is 2.95. The molecule has 0 aliphatic heterocycles. The van der Waals surface area contributed by atoms with Crippen molar-refractivity contribution in [1.82, 2.24) is 9.97 Å². The molecule has 0 spiro atoms. The highest BCUT2D eigenvalue weighted by molar-refractivity contribution is 6.30. The molecule has 16 heavy (non-hydrogen) atoms.